The normalized spacial score (nSPS) is 8.02. The summed E-state index contributed by atoms with van der Waals surface area (Å²) in [6.07, 6.45) is 0. The van der Waals surface area contributed by atoms with E-state index >= 15 is 0 Å². The predicted octanol–water partition coefficient (Wildman–Crippen LogP) is 10.6. The van der Waals surface area contributed by atoms with E-state index in [2.05, 4.69) is 32.0 Å². The molecule has 0 unspecified atom stereocenters. The second-order valence-electron chi connectivity index (χ2n) is 8.03. The van der Waals surface area contributed by atoms with Gasteiger partial charge in [0.05, 0.1) is 18.8 Å². The van der Waals surface area contributed by atoms with Crippen molar-refractivity contribution in [3.63, 3.8) is 0 Å². The van der Waals surface area contributed by atoms with Crippen LogP contribution in [-0.4, -0.2) is 41.1 Å². The lowest BCUT2D eigenvalue weighted by Crippen LogP contribution is -1.99. The number of aryl methyl sites for hydroxylation is 5. The Hall–Kier alpha value is -3.51. The number of aromatic carboxylic acids is 1. The van der Waals surface area contributed by atoms with Crippen LogP contribution in [0.5, 0.6) is 17.2 Å². The average molecular weight is 595 g/mol. The summed E-state index contributed by atoms with van der Waals surface area (Å²) in [5, 5.41) is 25.4. The highest BCUT2D eigenvalue weighted by atomic mass is 16.5. The molecule has 246 valence electrons. The van der Waals surface area contributed by atoms with E-state index in [0.29, 0.717) is 18.1 Å². The van der Waals surface area contributed by atoms with Crippen molar-refractivity contribution in [1.29, 1.82) is 0 Å². The van der Waals surface area contributed by atoms with E-state index in [1.165, 1.54) is 11.1 Å². The van der Waals surface area contributed by atoms with Crippen LogP contribution in [0.15, 0.2) is 54.6 Å². The second kappa shape index (κ2) is 30.4. The highest BCUT2D eigenvalue weighted by molar-refractivity contribution is 5.88. The maximum Gasteiger partial charge on any atom is 0.335 e. The van der Waals surface area contributed by atoms with Crippen molar-refractivity contribution in [2.24, 2.45) is 0 Å². The molecule has 0 radical (unpaired) electrons. The first-order valence-electron chi connectivity index (χ1n) is 12.0. The minimum atomic E-state index is -0.930. The smallest absolute Gasteiger partial charge is 0.335 e. The second-order valence-corrected chi connectivity index (χ2v) is 8.03. The zero-order valence-electron chi connectivity index (χ0n) is 22.9. The molecule has 6 nitrogen and oxygen atoms in total. The number of aliphatic hydroxyl groups excluding tert-OH is 1. The van der Waals surface area contributed by atoms with Crippen LogP contribution in [0, 0.1) is 34.6 Å². The topological polar surface area (TPSA) is 96.2 Å². The number of aromatic hydroxyl groups is 1. The molecule has 3 rings (SSSR count). The average Bonchev–Trinajstić information content (AvgIpc) is 2.82. The third-order valence-corrected chi connectivity index (χ3v) is 4.74. The van der Waals surface area contributed by atoms with Crippen molar-refractivity contribution in [3.05, 3.63) is 88.0 Å². The zero-order valence-corrected chi connectivity index (χ0v) is 22.9. The van der Waals surface area contributed by atoms with Crippen LogP contribution in [-0.2, 0) is 0 Å². The number of carboxylic acids is 1. The number of hydrogen-bond donors (Lipinski definition) is 3. The van der Waals surface area contributed by atoms with Crippen molar-refractivity contribution in [2.75, 3.05) is 19.8 Å². The van der Waals surface area contributed by atoms with Gasteiger partial charge in [-0.25, -0.2) is 4.79 Å². The number of carbonyl (C=O) groups is 1. The molecule has 0 saturated heterocycles. The van der Waals surface area contributed by atoms with Crippen molar-refractivity contribution >= 4 is 5.97 Å². The van der Waals surface area contributed by atoms with Gasteiger partial charge in [-0.2, -0.15) is 0 Å². The van der Waals surface area contributed by atoms with Crippen molar-refractivity contribution in [2.45, 2.75) is 99.9 Å². The summed E-state index contributed by atoms with van der Waals surface area (Å²) in [6.45, 7) is 16.9. The van der Waals surface area contributed by atoms with Crippen LogP contribution in [0.2, 0.25) is 0 Å². The molecule has 0 bridgehead atoms. The maximum absolute atomic E-state index is 10.6. The van der Waals surface area contributed by atoms with Gasteiger partial charge in [0.1, 0.15) is 17.2 Å². The summed E-state index contributed by atoms with van der Waals surface area (Å²) in [7, 11) is 0. The molecule has 0 aliphatic heterocycles. The molecule has 0 aromatic heterocycles. The number of phenolic OH excluding ortho intramolecular Hbond substituents is 1. The highest BCUT2D eigenvalue weighted by Gasteiger charge is 2.06. The molecule has 3 N–H and O–H groups in total. The Morgan fingerprint density at radius 3 is 1.33 bits per heavy atom. The molecule has 3 aromatic rings. The Labute approximate surface area is 260 Å². The first kappa shape index (κ1) is 54.6. The number of carboxylic acid groups (broad SMARTS) is 1. The van der Waals surface area contributed by atoms with Crippen LogP contribution >= 0.6 is 0 Å². The number of rotatable bonds is 5. The fourth-order valence-electron chi connectivity index (χ4n) is 2.78. The molecule has 6 heteroatoms. The summed E-state index contributed by atoms with van der Waals surface area (Å²) in [4.78, 5) is 10.6. The molecule has 0 aliphatic rings. The van der Waals surface area contributed by atoms with Gasteiger partial charge in [0.2, 0.25) is 0 Å². The van der Waals surface area contributed by atoms with Gasteiger partial charge in [-0.05, 0) is 107 Å². The summed E-state index contributed by atoms with van der Waals surface area (Å²) >= 11 is 0. The Morgan fingerprint density at radius 2 is 0.976 bits per heavy atom. The summed E-state index contributed by atoms with van der Waals surface area (Å²) in [6, 6.07) is 16.8. The Bertz CT molecular complexity index is 1060. The van der Waals surface area contributed by atoms with Crippen LogP contribution in [0.3, 0.4) is 0 Å². The molecule has 0 spiro atoms. The van der Waals surface area contributed by atoms with Gasteiger partial charge >= 0.3 is 5.97 Å². The van der Waals surface area contributed by atoms with Crippen LogP contribution < -0.4 is 9.47 Å². The van der Waals surface area contributed by atoms with Crippen LogP contribution in [0.25, 0.3) is 0 Å². The fraction of sp³-hybridized carbons (Fsp3) is 0.472. The van der Waals surface area contributed by atoms with Gasteiger partial charge in [-0.3, -0.25) is 0 Å². The molecule has 42 heavy (non-hydrogen) atoms. The maximum atomic E-state index is 10.6. The predicted molar refractivity (Wildman–Crippen MR) is 187 cm³/mol. The number of hydrogen-bond acceptors (Lipinski definition) is 5. The summed E-state index contributed by atoms with van der Waals surface area (Å²) in [5.74, 6) is 1.10. The first-order valence-corrected chi connectivity index (χ1v) is 12.0. The van der Waals surface area contributed by atoms with Gasteiger partial charge in [-0.1, -0.05) is 74.9 Å². The SMILES string of the molecule is C.C.C.C.C.C.CCO.CCOc1cc(C(=O)O)ccc1C.CCOc1cc(C)ccc1C.Cc1ccc(C)c(O)c1. The van der Waals surface area contributed by atoms with E-state index in [9.17, 15) is 4.79 Å². The Kier molecular flexibility index (Phi) is 39.6. The molecular formula is C36H66O6. The van der Waals surface area contributed by atoms with Gasteiger partial charge in [-0.15, -0.1) is 0 Å². The van der Waals surface area contributed by atoms with E-state index in [1.807, 2.05) is 46.8 Å². The van der Waals surface area contributed by atoms with Crippen molar-refractivity contribution in [1.82, 2.24) is 0 Å². The van der Waals surface area contributed by atoms with E-state index in [1.54, 1.807) is 31.2 Å². The Morgan fingerprint density at radius 1 is 0.619 bits per heavy atom. The highest BCUT2D eigenvalue weighted by Crippen LogP contribution is 2.20. The van der Waals surface area contributed by atoms with E-state index < -0.39 is 5.97 Å². The van der Waals surface area contributed by atoms with E-state index in [-0.39, 0.29) is 56.7 Å². The zero-order chi connectivity index (χ0) is 27.7. The largest absolute Gasteiger partial charge is 0.508 e. The monoisotopic (exact) mass is 594 g/mol. The van der Waals surface area contributed by atoms with Gasteiger partial charge in [0.15, 0.2) is 0 Å². The third-order valence-electron chi connectivity index (χ3n) is 4.74. The molecular weight excluding hydrogens is 528 g/mol. The van der Waals surface area contributed by atoms with Crippen LogP contribution in [0.1, 0.15) is 104 Å². The lowest BCUT2D eigenvalue weighted by molar-refractivity contribution is 0.0696. The van der Waals surface area contributed by atoms with Gasteiger partial charge in [0, 0.05) is 6.61 Å². The molecule has 3 aromatic carbocycles. The van der Waals surface area contributed by atoms with E-state index in [4.69, 9.17) is 24.8 Å². The molecule has 0 aliphatic carbocycles. The van der Waals surface area contributed by atoms with Crippen LogP contribution in [0.4, 0.5) is 0 Å². The van der Waals surface area contributed by atoms with Gasteiger partial charge < -0.3 is 24.8 Å². The van der Waals surface area contributed by atoms with Gasteiger partial charge in [0.25, 0.3) is 0 Å². The number of benzene rings is 3. The quantitative estimate of drug-likeness (QED) is 0.272. The first-order chi connectivity index (χ1) is 17.0. The van der Waals surface area contributed by atoms with E-state index in [0.717, 1.165) is 29.0 Å². The third kappa shape index (κ3) is 22.2. The summed E-state index contributed by atoms with van der Waals surface area (Å²) in [5.41, 5.74) is 5.69. The lowest BCUT2D eigenvalue weighted by Gasteiger charge is -2.06. The molecule has 0 heterocycles. The standard InChI is InChI=1S/C10H12O3.C10H14O.C8H10O.C2H6O.6CH4/c1-3-13-9-6-8(10(11)12)5-4-7(9)2;1-4-11-10-7-8(2)5-6-9(10)3;1-6-3-4-7(2)8(9)5-6;1-2-3;;;;;;/h4-6H,3H2,1-2H3,(H,11,12);5-7H,4H2,1-3H3;3-5,9H,1-2H3;3H,2H2,1H3;6*1H4. The number of ether oxygens (including phenoxy) is 2. The molecule has 0 saturated carbocycles. The summed E-state index contributed by atoms with van der Waals surface area (Å²) < 4.78 is 10.7. The van der Waals surface area contributed by atoms with Crippen molar-refractivity contribution < 1.29 is 29.6 Å². The minimum absolute atomic E-state index is 0. The number of aliphatic hydroxyl groups is 1. The molecule has 0 amide bonds. The fourth-order valence-corrected chi connectivity index (χ4v) is 2.78. The number of phenols is 1. The minimum Gasteiger partial charge on any atom is -0.508 e. The Balaban J connectivity index is -0.0000000789. The molecule has 0 fully saturated rings. The molecule has 0 atom stereocenters. The van der Waals surface area contributed by atoms with Crippen molar-refractivity contribution in [3.8, 4) is 17.2 Å². The lowest BCUT2D eigenvalue weighted by atomic mass is 10.1.